The Kier molecular flexibility index (Phi) is 10.7. The smallest absolute Gasteiger partial charge is 0.264 e. The van der Waals surface area contributed by atoms with Crippen molar-refractivity contribution in [2.45, 2.75) is 50.7 Å². The molecule has 3 aromatic carbocycles. The number of halogens is 3. The van der Waals surface area contributed by atoms with E-state index in [1.807, 2.05) is 13.8 Å². The van der Waals surface area contributed by atoms with Crippen molar-refractivity contribution in [1.82, 2.24) is 10.2 Å². The number of carbonyl (C=O) groups excluding carboxylic acids is 2. The van der Waals surface area contributed by atoms with Crippen molar-refractivity contribution >= 4 is 62.3 Å². The Morgan fingerprint density at radius 3 is 2.10 bits per heavy atom. The lowest BCUT2D eigenvalue weighted by Crippen LogP contribution is -2.53. The van der Waals surface area contributed by atoms with Crippen LogP contribution in [-0.2, 0) is 26.2 Å². The quantitative estimate of drug-likeness (QED) is 0.281. The van der Waals surface area contributed by atoms with Crippen LogP contribution in [-0.4, -0.2) is 43.8 Å². The highest BCUT2D eigenvalue weighted by molar-refractivity contribution is 7.92. The molecule has 0 spiro atoms. The zero-order chi connectivity index (χ0) is 28.7. The van der Waals surface area contributed by atoms with E-state index >= 15 is 0 Å². The molecule has 208 valence electrons. The summed E-state index contributed by atoms with van der Waals surface area (Å²) in [6, 6.07) is 18.0. The maximum Gasteiger partial charge on any atom is 0.264 e. The molecule has 2 amide bonds. The molecule has 0 aliphatic rings. The van der Waals surface area contributed by atoms with Gasteiger partial charge < -0.3 is 10.2 Å². The molecule has 0 saturated heterocycles. The van der Waals surface area contributed by atoms with Gasteiger partial charge in [0.2, 0.25) is 11.8 Å². The average molecular weight is 611 g/mol. The van der Waals surface area contributed by atoms with Crippen molar-refractivity contribution in [3.05, 3.63) is 93.4 Å². The first-order valence-electron chi connectivity index (χ1n) is 12.3. The predicted octanol–water partition coefficient (Wildman–Crippen LogP) is 6.17. The summed E-state index contributed by atoms with van der Waals surface area (Å²) in [5.41, 5.74) is 0.892. The number of hydrogen-bond donors (Lipinski definition) is 1. The molecule has 39 heavy (non-hydrogen) atoms. The summed E-state index contributed by atoms with van der Waals surface area (Å²) in [6.07, 6.45) is 0.316. The van der Waals surface area contributed by atoms with Crippen molar-refractivity contribution < 1.29 is 18.0 Å². The molecule has 1 N–H and O–H groups in total. The maximum atomic E-state index is 14.0. The standard InChI is InChI=1S/C28H30Cl3N3O4S/c1-4-26(28(36)32-19(2)3)33(17-20-10-12-21(29)13-11-20)27(35)18-34(22-14-15-24(30)25(31)16-22)39(37,38)23-8-6-5-7-9-23/h5-16,19,26H,4,17-18H2,1-3H3,(H,32,36)/t26-/m1/s1. The zero-order valence-corrected chi connectivity index (χ0v) is 24.9. The van der Waals surface area contributed by atoms with E-state index in [9.17, 15) is 18.0 Å². The molecule has 0 saturated carbocycles. The predicted molar refractivity (Wildman–Crippen MR) is 157 cm³/mol. The van der Waals surface area contributed by atoms with Gasteiger partial charge in [-0.15, -0.1) is 0 Å². The number of amides is 2. The van der Waals surface area contributed by atoms with Gasteiger partial charge in [-0.05, 0) is 68.3 Å². The van der Waals surface area contributed by atoms with E-state index in [0.717, 1.165) is 9.87 Å². The molecule has 1 atom stereocenters. The summed E-state index contributed by atoms with van der Waals surface area (Å²) in [6.45, 7) is 4.95. The third-order valence-electron chi connectivity index (χ3n) is 5.88. The number of anilines is 1. The van der Waals surface area contributed by atoms with Crippen LogP contribution < -0.4 is 9.62 Å². The number of carbonyl (C=O) groups is 2. The fourth-order valence-corrected chi connectivity index (χ4v) is 5.82. The van der Waals surface area contributed by atoms with Crippen LogP contribution in [0.2, 0.25) is 15.1 Å². The van der Waals surface area contributed by atoms with Crippen molar-refractivity contribution in [1.29, 1.82) is 0 Å². The Labute approximate surface area is 244 Å². The van der Waals surface area contributed by atoms with Crippen LogP contribution in [0.3, 0.4) is 0 Å². The summed E-state index contributed by atoms with van der Waals surface area (Å²) < 4.78 is 28.6. The molecule has 11 heteroatoms. The molecule has 3 rings (SSSR count). The first-order chi connectivity index (χ1) is 18.4. The van der Waals surface area contributed by atoms with Crippen molar-refractivity contribution in [3.63, 3.8) is 0 Å². The molecule has 0 fully saturated rings. The van der Waals surface area contributed by atoms with Crippen molar-refractivity contribution in [3.8, 4) is 0 Å². The van der Waals surface area contributed by atoms with Gasteiger partial charge in [0.1, 0.15) is 12.6 Å². The van der Waals surface area contributed by atoms with Crippen LogP contribution in [0.25, 0.3) is 0 Å². The first-order valence-corrected chi connectivity index (χ1v) is 14.9. The molecular formula is C28H30Cl3N3O4S. The van der Waals surface area contributed by atoms with Crippen LogP contribution in [0, 0.1) is 0 Å². The highest BCUT2D eigenvalue weighted by Gasteiger charge is 2.34. The molecule has 0 aliphatic carbocycles. The second-order valence-corrected chi connectivity index (χ2v) is 12.3. The van der Waals surface area contributed by atoms with E-state index in [1.54, 1.807) is 49.4 Å². The summed E-state index contributed by atoms with van der Waals surface area (Å²) in [7, 11) is -4.20. The van der Waals surface area contributed by atoms with Gasteiger partial charge in [-0.25, -0.2) is 8.42 Å². The average Bonchev–Trinajstić information content (AvgIpc) is 2.90. The number of benzene rings is 3. The van der Waals surface area contributed by atoms with Crippen LogP contribution in [0.4, 0.5) is 5.69 Å². The van der Waals surface area contributed by atoms with Gasteiger partial charge in [-0.2, -0.15) is 0 Å². The van der Waals surface area contributed by atoms with Gasteiger partial charge >= 0.3 is 0 Å². The van der Waals surface area contributed by atoms with E-state index in [1.165, 1.54) is 35.2 Å². The minimum absolute atomic E-state index is 0.00211. The molecule has 7 nitrogen and oxygen atoms in total. The minimum atomic E-state index is -4.20. The zero-order valence-electron chi connectivity index (χ0n) is 21.8. The third-order valence-corrected chi connectivity index (χ3v) is 8.66. The highest BCUT2D eigenvalue weighted by Crippen LogP contribution is 2.31. The number of nitrogens with zero attached hydrogens (tertiary/aromatic N) is 2. The summed E-state index contributed by atoms with van der Waals surface area (Å²) >= 11 is 18.3. The summed E-state index contributed by atoms with van der Waals surface area (Å²) in [5, 5.41) is 3.76. The topological polar surface area (TPSA) is 86.8 Å². The van der Waals surface area contributed by atoms with E-state index in [2.05, 4.69) is 5.32 Å². The Balaban J connectivity index is 2.07. The molecule has 0 bridgehead atoms. The van der Waals surface area contributed by atoms with Gasteiger partial charge in [-0.3, -0.25) is 13.9 Å². The Hall–Kier alpha value is -2.78. The van der Waals surface area contributed by atoms with Gasteiger partial charge in [0.25, 0.3) is 10.0 Å². The highest BCUT2D eigenvalue weighted by atomic mass is 35.5. The fraction of sp³-hybridized carbons (Fsp3) is 0.286. The van der Waals surface area contributed by atoms with Gasteiger partial charge in [0, 0.05) is 17.6 Å². The second-order valence-electron chi connectivity index (χ2n) is 9.16. The van der Waals surface area contributed by atoms with Gasteiger partial charge in [-0.1, -0.05) is 72.1 Å². The molecular weight excluding hydrogens is 581 g/mol. The van der Waals surface area contributed by atoms with Gasteiger partial charge in [0.05, 0.1) is 20.6 Å². The van der Waals surface area contributed by atoms with E-state index < -0.39 is 28.5 Å². The number of sulfonamides is 1. The van der Waals surface area contributed by atoms with Crippen LogP contribution >= 0.6 is 34.8 Å². The first kappa shape index (κ1) is 30.8. The maximum absolute atomic E-state index is 14.0. The normalized spacial score (nSPS) is 12.2. The lowest BCUT2D eigenvalue weighted by atomic mass is 10.1. The summed E-state index contributed by atoms with van der Waals surface area (Å²) in [5.74, 6) is -0.900. The Morgan fingerprint density at radius 1 is 0.897 bits per heavy atom. The summed E-state index contributed by atoms with van der Waals surface area (Å²) in [4.78, 5) is 28.5. The fourth-order valence-electron chi connectivity index (χ4n) is 3.98. The third kappa shape index (κ3) is 7.88. The monoisotopic (exact) mass is 609 g/mol. The lowest BCUT2D eigenvalue weighted by molar-refractivity contribution is -0.140. The molecule has 0 aromatic heterocycles. The van der Waals surface area contributed by atoms with Crippen LogP contribution in [0.5, 0.6) is 0 Å². The largest absolute Gasteiger partial charge is 0.352 e. The lowest BCUT2D eigenvalue weighted by Gasteiger charge is -2.33. The molecule has 0 aliphatic heterocycles. The molecule has 3 aromatic rings. The van der Waals surface area contributed by atoms with Crippen LogP contribution in [0.15, 0.2) is 77.7 Å². The number of hydrogen-bond acceptors (Lipinski definition) is 4. The SMILES string of the molecule is CC[C@H](C(=O)NC(C)C)N(Cc1ccc(Cl)cc1)C(=O)CN(c1ccc(Cl)c(Cl)c1)S(=O)(=O)c1ccccc1. The Morgan fingerprint density at radius 2 is 1.54 bits per heavy atom. The number of nitrogens with one attached hydrogen (secondary N) is 1. The number of rotatable bonds is 11. The van der Waals surface area contributed by atoms with E-state index in [4.69, 9.17) is 34.8 Å². The molecule has 0 unspecified atom stereocenters. The van der Waals surface area contributed by atoms with E-state index in [0.29, 0.717) is 11.4 Å². The molecule has 0 heterocycles. The Bertz CT molecular complexity index is 1400. The second kappa shape index (κ2) is 13.5. The van der Waals surface area contributed by atoms with Gasteiger partial charge in [0.15, 0.2) is 0 Å². The molecule has 0 radical (unpaired) electrons. The van der Waals surface area contributed by atoms with Crippen molar-refractivity contribution in [2.75, 3.05) is 10.8 Å². The minimum Gasteiger partial charge on any atom is -0.352 e. The van der Waals surface area contributed by atoms with E-state index in [-0.39, 0.29) is 39.1 Å². The van der Waals surface area contributed by atoms with Crippen molar-refractivity contribution in [2.24, 2.45) is 0 Å². The van der Waals surface area contributed by atoms with Crippen LogP contribution in [0.1, 0.15) is 32.8 Å².